The van der Waals surface area contributed by atoms with E-state index in [-0.39, 0.29) is 11.2 Å². The number of nitrogens with one attached hydrogen (secondary N) is 1. The van der Waals surface area contributed by atoms with Crippen LogP contribution in [0.5, 0.6) is 0 Å². The summed E-state index contributed by atoms with van der Waals surface area (Å²) in [5.74, 6) is 0. The second kappa shape index (κ2) is 4.86. The van der Waals surface area contributed by atoms with Crippen LogP contribution in [-0.2, 0) is 0 Å². The average Bonchev–Trinajstić information content (AvgIpc) is 2.92. The molecule has 0 fully saturated rings. The molecule has 0 aliphatic carbocycles. The lowest BCUT2D eigenvalue weighted by atomic mass is 10.1. The van der Waals surface area contributed by atoms with E-state index in [1.165, 1.54) is 6.07 Å². The van der Waals surface area contributed by atoms with Gasteiger partial charge in [-0.3, -0.25) is 10.1 Å². The molecule has 0 spiro atoms. The Morgan fingerprint density at radius 3 is 2.62 bits per heavy atom. The molecule has 3 rings (SSSR count). The molecule has 21 heavy (non-hydrogen) atoms. The van der Waals surface area contributed by atoms with Gasteiger partial charge in [0.15, 0.2) is 5.52 Å². The van der Waals surface area contributed by atoms with Crippen LogP contribution in [0.2, 0.25) is 0 Å². The van der Waals surface area contributed by atoms with E-state index in [0.717, 1.165) is 16.8 Å². The van der Waals surface area contributed by atoms with Gasteiger partial charge in [-0.1, -0.05) is 12.1 Å². The maximum absolute atomic E-state index is 11.0. The Morgan fingerprint density at radius 2 is 1.86 bits per heavy atom. The van der Waals surface area contributed by atoms with Crippen molar-refractivity contribution in [3.05, 3.63) is 51.6 Å². The van der Waals surface area contributed by atoms with Gasteiger partial charge in [-0.15, -0.1) is 0 Å². The highest BCUT2D eigenvalue weighted by atomic mass is 16.6. The zero-order chi connectivity index (χ0) is 15.0. The third-order valence-corrected chi connectivity index (χ3v) is 3.25. The number of nitro groups is 1. The van der Waals surface area contributed by atoms with Crippen molar-refractivity contribution >= 4 is 28.1 Å². The minimum atomic E-state index is -0.506. The van der Waals surface area contributed by atoms with E-state index in [1.807, 2.05) is 32.0 Å². The number of nitro benzene ring substituents is 1. The van der Waals surface area contributed by atoms with Crippen LogP contribution in [0, 0.1) is 24.0 Å². The number of hydrogen-bond acceptors (Lipinski definition) is 6. The first-order valence-electron chi connectivity index (χ1n) is 6.30. The van der Waals surface area contributed by atoms with Crippen molar-refractivity contribution in [2.24, 2.45) is 0 Å². The molecule has 0 amide bonds. The molecule has 0 aliphatic rings. The number of rotatable bonds is 3. The van der Waals surface area contributed by atoms with Crippen LogP contribution in [-0.4, -0.2) is 15.2 Å². The number of aromatic nitrogens is 2. The van der Waals surface area contributed by atoms with Gasteiger partial charge in [-0.25, -0.2) is 4.63 Å². The molecule has 0 aliphatic heterocycles. The Bertz CT molecular complexity index is 841. The van der Waals surface area contributed by atoms with E-state index < -0.39 is 4.92 Å². The van der Waals surface area contributed by atoms with E-state index in [0.29, 0.717) is 11.2 Å². The first kappa shape index (κ1) is 13.0. The van der Waals surface area contributed by atoms with Gasteiger partial charge in [-0.2, -0.15) is 0 Å². The standard InChI is InChI=1S/C14H12N4O3/c1-8-3-4-9(2)11(7-8)15-10-5-6-12(18(19)20)14-13(10)16-21-17-14/h3-7,15H,1-2H3. The van der Waals surface area contributed by atoms with E-state index in [4.69, 9.17) is 0 Å². The highest BCUT2D eigenvalue weighted by Crippen LogP contribution is 2.31. The smallest absolute Gasteiger partial charge is 0.300 e. The van der Waals surface area contributed by atoms with Gasteiger partial charge in [0.1, 0.15) is 0 Å². The number of aryl methyl sites for hydroxylation is 2. The Balaban J connectivity index is 2.10. The molecule has 1 heterocycles. The molecule has 106 valence electrons. The predicted octanol–water partition coefficient (Wildman–Crippen LogP) is 3.49. The maximum Gasteiger partial charge on any atom is 0.300 e. The number of hydrogen-bond donors (Lipinski definition) is 1. The first-order valence-corrected chi connectivity index (χ1v) is 6.30. The third-order valence-electron chi connectivity index (χ3n) is 3.25. The quantitative estimate of drug-likeness (QED) is 0.584. The summed E-state index contributed by atoms with van der Waals surface area (Å²) in [5.41, 5.74) is 4.04. The van der Waals surface area contributed by atoms with Gasteiger partial charge in [0.2, 0.25) is 5.52 Å². The predicted molar refractivity (Wildman–Crippen MR) is 77.7 cm³/mol. The van der Waals surface area contributed by atoms with Crippen LogP contribution < -0.4 is 5.32 Å². The SMILES string of the molecule is Cc1ccc(C)c(Nc2ccc([N+](=O)[O-])c3nonc23)c1. The molecule has 0 unspecified atom stereocenters. The average molecular weight is 284 g/mol. The van der Waals surface area contributed by atoms with Crippen LogP contribution in [0.4, 0.5) is 17.1 Å². The number of anilines is 2. The Morgan fingerprint density at radius 1 is 1.10 bits per heavy atom. The summed E-state index contributed by atoms with van der Waals surface area (Å²) in [4.78, 5) is 10.5. The van der Waals surface area contributed by atoms with Crippen LogP contribution in [0.15, 0.2) is 35.0 Å². The molecule has 7 nitrogen and oxygen atoms in total. The highest BCUT2D eigenvalue weighted by Gasteiger charge is 2.19. The molecular formula is C14H12N4O3. The van der Waals surface area contributed by atoms with Gasteiger partial charge < -0.3 is 5.32 Å². The van der Waals surface area contributed by atoms with Gasteiger partial charge >= 0.3 is 5.69 Å². The molecule has 0 saturated carbocycles. The minimum Gasteiger partial charge on any atom is -0.353 e. The Labute approximate surface area is 119 Å². The monoisotopic (exact) mass is 284 g/mol. The van der Waals surface area contributed by atoms with Crippen LogP contribution in [0.25, 0.3) is 11.0 Å². The fraction of sp³-hybridized carbons (Fsp3) is 0.143. The normalized spacial score (nSPS) is 10.8. The second-order valence-corrected chi connectivity index (χ2v) is 4.79. The lowest BCUT2D eigenvalue weighted by Gasteiger charge is -2.10. The summed E-state index contributed by atoms with van der Waals surface area (Å²) in [6, 6.07) is 9.01. The molecule has 0 bridgehead atoms. The van der Waals surface area contributed by atoms with Crippen LogP contribution >= 0.6 is 0 Å². The lowest BCUT2D eigenvalue weighted by Crippen LogP contribution is -1.96. The molecule has 0 saturated heterocycles. The van der Waals surface area contributed by atoms with Crippen molar-refractivity contribution in [2.75, 3.05) is 5.32 Å². The number of fused-ring (bicyclic) bond motifs is 1. The molecule has 0 radical (unpaired) electrons. The van der Waals surface area contributed by atoms with Crippen molar-refractivity contribution in [1.29, 1.82) is 0 Å². The van der Waals surface area contributed by atoms with Crippen molar-refractivity contribution < 1.29 is 9.55 Å². The Kier molecular flexibility index (Phi) is 3.02. The van der Waals surface area contributed by atoms with Gasteiger partial charge in [0.05, 0.1) is 10.6 Å². The first-order chi connectivity index (χ1) is 10.1. The summed E-state index contributed by atoms with van der Waals surface area (Å²) in [7, 11) is 0. The van der Waals surface area contributed by atoms with E-state index >= 15 is 0 Å². The van der Waals surface area contributed by atoms with E-state index in [2.05, 4.69) is 20.3 Å². The van der Waals surface area contributed by atoms with Crippen molar-refractivity contribution in [1.82, 2.24) is 10.3 Å². The summed E-state index contributed by atoms with van der Waals surface area (Å²) >= 11 is 0. The molecular weight excluding hydrogens is 272 g/mol. The summed E-state index contributed by atoms with van der Waals surface area (Å²) in [6.07, 6.45) is 0. The van der Waals surface area contributed by atoms with Crippen LogP contribution in [0.3, 0.4) is 0 Å². The third kappa shape index (κ3) is 2.29. The number of non-ortho nitro benzene ring substituents is 1. The second-order valence-electron chi connectivity index (χ2n) is 4.79. The van der Waals surface area contributed by atoms with Gasteiger partial charge in [-0.05, 0) is 47.4 Å². The fourth-order valence-corrected chi connectivity index (χ4v) is 2.12. The molecule has 2 aromatic carbocycles. The zero-order valence-electron chi connectivity index (χ0n) is 11.5. The summed E-state index contributed by atoms with van der Waals surface area (Å²) < 4.78 is 4.64. The van der Waals surface area contributed by atoms with Crippen molar-refractivity contribution in [3.63, 3.8) is 0 Å². The maximum atomic E-state index is 11.0. The zero-order valence-corrected chi connectivity index (χ0v) is 11.5. The van der Waals surface area contributed by atoms with Gasteiger partial charge in [0, 0.05) is 11.8 Å². The summed E-state index contributed by atoms with van der Waals surface area (Å²) in [5, 5.41) is 21.6. The number of nitrogens with zero attached hydrogens (tertiary/aromatic N) is 3. The Hall–Kier alpha value is -2.96. The van der Waals surface area contributed by atoms with Crippen molar-refractivity contribution in [2.45, 2.75) is 13.8 Å². The van der Waals surface area contributed by atoms with E-state index in [9.17, 15) is 10.1 Å². The van der Waals surface area contributed by atoms with Crippen molar-refractivity contribution in [3.8, 4) is 0 Å². The molecule has 0 atom stereocenters. The molecule has 3 aromatic rings. The minimum absolute atomic E-state index is 0.127. The van der Waals surface area contributed by atoms with Gasteiger partial charge in [0.25, 0.3) is 0 Å². The highest BCUT2D eigenvalue weighted by molar-refractivity contribution is 5.95. The van der Waals surface area contributed by atoms with Crippen LogP contribution in [0.1, 0.15) is 11.1 Å². The molecule has 1 aromatic heterocycles. The molecule has 1 N–H and O–H groups in total. The number of benzene rings is 2. The largest absolute Gasteiger partial charge is 0.353 e. The molecule has 7 heteroatoms. The fourth-order valence-electron chi connectivity index (χ4n) is 2.12. The summed E-state index contributed by atoms with van der Waals surface area (Å²) in [6.45, 7) is 3.97. The topological polar surface area (TPSA) is 94.1 Å². The lowest BCUT2D eigenvalue weighted by molar-refractivity contribution is -0.383. The van der Waals surface area contributed by atoms with E-state index in [1.54, 1.807) is 6.07 Å².